The van der Waals surface area contributed by atoms with Crippen molar-refractivity contribution in [2.24, 2.45) is 0 Å². The monoisotopic (exact) mass is 509 g/mol. The number of ether oxygens (including phenoxy) is 1. The molecule has 174 valence electrons. The topological polar surface area (TPSA) is 110 Å². The van der Waals surface area contributed by atoms with Crippen LogP contribution in [-0.4, -0.2) is 50.9 Å². The van der Waals surface area contributed by atoms with Gasteiger partial charge in [0.1, 0.15) is 35.3 Å². The van der Waals surface area contributed by atoms with Crippen LogP contribution in [-0.2, 0) is 25.0 Å². The quantitative estimate of drug-likeness (QED) is 0.414. The average Bonchev–Trinajstić information content (AvgIpc) is 2.93. The van der Waals surface area contributed by atoms with Crippen molar-refractivity contribution >= 4 is 36.6 Å². The Labute approximate surface area is 198 Å². The van der Waals surface area contributed by atoms with Crippen LogP contribution < -0.4 is 9.84 Å². The Hall–Kier alpha value is -1.56. The number of phosphoric ester groups is 1. The number of rotatable bonds is 4. The molecule has 1 unspecified atom stereocenters. The Morgan fingerprint density at radius 3 is 3.00 bits per heavy atom. The largest absolute Gasteiger partial charge is 0.530 e. The van der Waals surface area contributed by atoms with Gasteiger partial charge >= 0.3 is 7.82 Å². The van der Waals surface area contributed by atoms with Crippen LogP contribution in [0.1, 0.15) is 20.8 Å². The highest BCUT2D eigenvalue weighted by Gasteiger charge is 2.58. The van der Waals surface area contributed by atoms with E-state index in [9.17, 15) is 14.8 Å². The molecule has 0 saturated carbocycles. The molecule has 3 heterocycles. The first-order valence-corrected chi connectivity index (χ1v) is 11.4. The molecule has 0 amide bonds. The molecule has 0 radical (unpaired) electrons. The van der Waals surface area contributed by atoms with Crippen molar-refractivity contribution in [1.82, 2.24) is 10.2 Å². The predicted octanol–water partition coefficient (Wildman–Crippen LogP) is 2.87. The molecular weight excluding hydrogens is 486 g/mol. The van der Waals surface area contributed by atoms with Crippen LogP contribution in [0, 0.1) is 13.8 Å². The van der Waals surface area contributed by atoms with Crippen LogP contribution in [0.4, 0.5) is 4.39 Å². The molecule has 1 aromatic carbocycles. The van der Waals surface area contributed by atoms with Gasteiger partial charge in [-0.1, -0.05) is 48.1 Å². The number of aliphatic hydroxyl groups excluding tert-OH is 2. The number of hydrogen-bond acceptors (Lipinski definition) is 9. The molecule has 13 heteroatoms. The van der Waals surface area contributed by atoms with Gasteiger partial charge in [-0.05, 0) is 19.4 Å². The van der Waals surface area contributed by atoms with E-state index >= 15 is 4.39 Å². The number of nitrogens with zero attached hydrogens (tertiary/aromatic N) is 1. The number of benzene rings is 1. The van der Waals surface area contributed by atoms with E-state index in [0.717, 1.165) is 11.8 Å². The second-order valence-electron chi connectivity index (χ2n) is 7.30. The zero-order valence-corrected chi connectivity index (χ0v) is 19.3. The molecule has 4 rings (SSSR count). The number of aryl methyl sites for hydroxylation is 2. The third-order valence-corrected chi connectivity index (χ3v) is 6.69. The molecule has 1 saturated heterocycles. The lowest BCUT2D eigenvalue weighted by Crippen LogP contribution is -2.47. The molecule has 0 bridgehead atoms. The van der Waals surface area contributed by atoms with E-state index in [1.165, 1.54) is 0 Å². The van der Waals surface area contributed by atoms with E-state index in [1.54, 1.807) is 19.1 Å². The Bertz CT molecular complexity index is 1210. The maximum Gasteiger partial charge on any atom is 0.530 e. The minimum atomic E-state index is -4.80. The van der Waals surface area contributed by atoms with E-state index in [-0.39, 0.29) is 28.2 Å². The Morgan fingerprint density at radius 2 is 2.28 bits per heavy atom. The van der Waals surface area contributed by atoms with Crippen molar-refractivity contribution in [2.75, 3.05) is 6.56 Å². The standard InChI is InChI=1S/C19H21ClFN2O7PS/c1-9-4-10(2)15-12(5-9)7-27-31(26,30-15)28-8-19(21)16(25)14(24)18(29-19)23-6-13(20)17(32)22-11(23)3/h4-6,14,16,18,24-25H,3,7-8H2,1-2H3,(H,22,32)/t14-,16+,18-,19-,31?/m1/s1/i8D2,18D. The lowest BCUT2D eigenvalue weighted by atomic mass is 10.1. The summed E-state index contributed by atoms with van der Waals surface area (Å²) in [5.74, 6) is -4.00. The van der Waals surface area contributed by atoms with Crippen LogP contribution >= 0.6 is 31.6 Å². The molecular formula is C19H21ClFN2O7PS. The van der Waals surface area contributed by atoms with Gasteiger partial charge in [0.05, 0.1) is 15.8 Å². The Balaban J connectivity index is 1.64. The Morgan fingerprint density at radius 1 is 1.56 bits per heavy atom. The number of thiocarbonyl (C=S) groups is 1. The minimum absolute atomic E-state index is 0.0187. The summed E-state index contributed by atoms with van der Waals surface area (Å²) in [6, 6.07) is 3.42. The summed E-state index contributed by atoms with van der Waals surface area (Å²) in [6.45, 7) is 3.01. The molecule has 5 atom stereocenters. The van der Waals surface area contributed by atoms with Crippen molar-refractivity contribution < 1.29 is 41.6 Å². The highest BCUT2D eigenvalue weighted by atomic mass is 35.5. The van der Waals surface area contributed by atoms with Crippen molar-refractivity contribution in [3.05, 3.63) is 52.5 Å². The lowest BCUT2D eigenvalue weighted by molar-refractivity contribution is -0.207. The predicted molar refractivity (Wildman–Crippen MR) is 116 cm³/mol. The molecule has 3 N–H and O–H groups in total. The first kappa shape index (κ1) is 19.9. The third kappa shape index (κ3) is 4.20. The zero-order chi connectivity index (χ0) is 26.1. The number of aliphatic hydroxyl groups is 2. The summed E-state index contributed by atoms with van der Waals surface area (Å²) in [4.78, 5) is 0.735. The first-order chi connectivity index (χ1) is 16.0. The van der Waals surface area contributed by atoms with Gasteiger partial charge in [-0.15, -0.1) is 0 Å². The number of fused-ring (bicyclic) bond motifs is 1. The molecule has 1 aromatic rings. The van der Waals surface area contributed by atoms with Crippen LogP contribution in [0.5, 0.6) is 5.75 Å². The zero-order valence-electron chi connectivity index (χ0n) is 19.8. The molecule has 9 nitrogen and oxygen atoms in total. The highest BCUT2D eigenvalue weighted by Crippen LogP contribution is 2.56. The molecule has 32 heavy (non-hydrogen) atoms. The second kappa shape index (κ2) is 8.34. The summed E-state index contributed by atoms with van der Waals surface area (Å²) in [7, 11) is -4.80. The maximum absolute atomic E-state index is 16.0. The van der Waals surface area contributed by atoms with E-state index in [1.807, 2.05) is 6.92 Å². The van der Waals surface area contributed by atoms with Crippen molar-refractivity contribution in [1.29, 1.82) is 0 Å². The molecule has 3 aliphatic rings. The number of halogens is 2. The fourth-order valence-corrected chi connectivity index (χ4v) is 4.79. The van der Waals surface area contributed by atoms with Gasteiger partial charge in [-0.2, -0.15) is 0 Å². The number of nitrogens with one attached hydrogen (secondary N) is 1. The molecule has 0 spiro atoms. The van der Waals surface area contributed by atoms with Gasteiger partial charge in [0.2, 0.25) is 0 Å². The summed E-state index contributed by atoms with van der Waals surface area (Å²) < 4.78 is 74.1. The summed E-state index contributed by atoms with van der Waals surface area (Å²) >= 11 is 10.9. The fourth-order valence-electron chi connectivity index (χ4n) is 3.31. The van der Waals surface area contributed by atoms with E-state index in [4.69, 9.17) is 46.2 Å². The normalized spacial score (nSPS) is 38.8. The second-order valence-corrected chi connectivity index (χ2v) is 9.63. The van der Waals surface area contributed by atoms with Gasteiger partial charge < -0.3 is 29.7 Å². The Kier molecular flexibility index (Phi) is 5.18. The number of phosphoric acid groups is 1. The van der Waals surface area contributed by atoms with Gasteiger partial charge in [0, 0.05) is 11.8 Å². The van der Waals surface area contributed by atoms with Crippen LogP contribution in [0.2, 0.25) is 0 Å². The molecule has 0 aromatic heterocycles. The van der Waals surface area contributed by atoms with Crippen molar-refractivity contribution in [2.45, 2.75) is 44.7 Å². The van der Waals surface area contributed by atoms with Gasteiger partial charge in [0.25, 0.3) is 5.85 Å². The molecule has 0 aliphatic carbocycles. The summed E-state index contributed by atoms with van der Waals surface area (Å²) in [5, 5.41) is 23.4. The van der Waals surface area contributed by atoms with Crippen molar-refractivity contribution in [3.63, 3.8) is 0 Å². The minimum Gasteiger partial charge on any atom is -0.403 e. The lowest BCUT2D eigenvalue weighted by Gasteiger charge is -2.34. The van der Waals surface area contributed by atoms with E-state index in [0.29, 0.717) is 16.0 Å². The first-order valence-electron chi connectivity index (χ1n) is 10.7. The number of alkyl halides is 1. The smallest absolute Gasteiger partial charge is 0.403 e. The molecule has 1 fully saturated rings. The van der Waals surface area contributed by atoms with E-state index in [2.05, 4.69) is 11.9 Å². The molecule has 3 aliphatic heterocycles. The maximum atomic E-state index is 16.0. The van der Waals surface area contributed by atoms with Gasteiger partial charge in [-0.3, -0.25) is 9.05 Å². The number of hydrogen-bond donors (Lipinski definition) is 3. The summed E-state index contributed by atoms with van der Waals surface area (Å²) in [5.41, 5.74) is 1.94. The average molecular weight is 510 g/mol. The van der Waals surface area contributed by atoms with Crippen LogP contribution in [0.3, 0.4) is 0 Å². The van der Waals surface area contributed by atoms with Gasteiger partial charge in [-0.25, -0.2) is 8.96 Å². The SMILES string of the molecule is [2H]C([2H])(OP1(=O)OCc2cc(C)cc(C)c2O1)[C@@]1(F)O[C@@]([2H])(N2C=C(Cl)C(=S)NC2=C)[C@H](O)[C@@H]1O. The van der Waals surface area contributed by atoms with Gasteiger partial charge in [0.15, 0.2) is 6.20 Å². The van der Waals surface area contributed by atoms with E-state index < -0.39 is 38.6 Å². The van der Waals surface area contributed by atoms with Crippen molar-refractivity contribution in [3.8, 4) is 5.75 Å². The van der Waals surface area contributed by atoms with Crippen LogP contribution in [0.25, 0.3) is 0 Å². The third-order valence-electron chi connectivity index (χ3n) is 4.80. The highest BCUT2D eigenvalue weighted by molar-refractivity contribution is 7.81. The van der Waals surface area contributed by atoms with Crippen LogP contribution in [0.15, 0.2) is 35.8 Å². The summed E-state index contributed by atoms with van der Waals surface area (Å²) in [6.07, 6.45) is -6.99. The fraction of sp³-hybridized carbons (Fsp3) is 0.421.